The zero-order valence-corrected chi connectivity index (χ0v) is 13.5. The minimum atomic E-state index is 0.195. The highest BCUT2D eigenvalue weighted by atomic mass is 79.9. The highest BCUT2D eigenvalue weighted by molar-refractivity contribution is 9.10. The molecule has 2 saturated heterocycles. The van der Waals surface area contributed by atoms with E-state index in [4.69, 9.17) is 0 Å². The van der Waals surface area contributed by atoms with Gasteiger partial charge in [0.05, 0.1) is 0 Å². The zero-order valence-electron chi connectivity index (χ0n) is 11.9. The van der Waals surface area contributed by atoms with Gasteiger partial charge < -0.3 is 0 Å². The second kappa shape index (κ2) is 5.86. The monoisotopic (exact) mass is 336 g/mol. The first kappa shape index (κ1) is 14.1. The third kappa shape index (κ3) is 2.63. The van der Waals surface area contributed by atoms with Crippen molar-refractivity contribution in [1.29, 1.82) is 0 Å². The van der Waals surface area contributed by atoms with Gasteiger partial charge in [-0.3, -0.25) is 4.79 Å². The van der Waals surface area contributed by atoms with Crippen LogP contribution in [0.4, 0.5) is 0 Å². The van der Waals surface area contributed by atoms with Gasteiger partial charge in [0.25, 0.3) is 0 Å². The smallest absolute Gasteiger partial charge is 0.240 e. The van der Waals surface area contributed by atoms with Crippen LogP contribution in [0.3, 0.4) is 0 Å². The van der Waals surface area contributed by atoms with E-state index in [1.165, 1.54) is 31.2 Å². The molecule has 108 valence electrons. The SMILES string of the molecule is CCCCCCC1CC(=O)N2C(c3ccc(Br)cc3)N12. The van der Waals surface area contributed by atoms with Crippen molar-refractivity contribution in [3.8, 4) is 0 Å². The molecule has 3 nitrogen and oxygen atoms in total. The number of rotatable bonds is 6. The predicted octanol–water partition coefficient (Wildman–Crippen LogP) is 4.25. The Kier molecular flexibility index (Phi) is 4.13. The number of amides is 1. The lowest BCUT2D eigenvalue weighted by molar-refractivity contribution is -0.125. The van der Waals surface area contributed by atoms with Gasteiger partial charge in [-0.05, 0) is 24.1 Å². The molecule has 1 aromatic carbocycles. The summed E-state index contributed by atoms with van der Waals surface area (Å²) in [6, 6.07) is 8.73. The van der Waals surface area contributed by atoms with E-state index in [2.05, 4.69) is 40.0 Å². The number of fused-ring (bicyclic) bond motifs is 1. The molecule has 3 atom stereocenters. The van der Waals surface area contributed by atoms with Crippen LogP contribution >= 0.6 is 15.9 Å². The summed E-state index contributed by atoms with van der Waals surface area (Å²) in [6.07, 6.45) is 7.15. The molecule has 1 amide bonds. The normalized spacial score (nSPS) is 27.8. The van der Waals surface area contributed by atoms with E-state index in [0.717, 1.165) is 10.9 Å². The first-order valence-corrected chi connectivity index (χ1v) is 8.37. The largest absolute Gasteiger partial charge is 0.273 e. The molecule has 0 bridgehead atoms. The Bertz CT molecular complexity index is 488. The highest BCUT2D eigenvalue weighted by Gasteiger charge is 2.58. The number of halogens is 1. The molecule has 2 fully saturated rings. The summed E-state index contributed by atoms with van der Waals surface area (Å²) < 4.78 is 1.08. The van der Waals surface area contributed by atoms with Gasteiger partial charge in [0.2, 0.25) is 5.91 Å². The maximum absolute atomic E-state index is 12.0. The number of hydrazine groups is 1. The third-order valence-electron chi connectivity index (χ3n) is 4.28. The van der Waals surface area contributed by atoms with Gasteiger partial charge in [0.1, 0.15) is 6.17 Å². The lowest BCUT2D eigenvalue weighted by Crippen LogP contribution is -2.17. The number of carbonyl (C=O) groups is 1. The van der Waals surface area contributed by atoms with Gasteiger partial charge in [0, 0.05) is 16.9 Å². The molecule has 0 aliphatic carbocycles. The average molecular weight is 337 g/mol. The Morgan fingerprint density at radius 1 is 1.20 bits per heavy atom. The van der Waals surface area contributed by atoms with Crippen molar-refractivity contribution in [3.63, 3.8) is 0 Å². The molecular formula is C16H21BrN2O. The summed E-state index contributed by atoms with van der Waals surface area (Å²) in [6.45, 7) is 2.23. The number of nitrogens with zero attached hydrogens (tertiary/aromatic N) is 2. The Labute approximate surface area is 129 Å². The number of unbranched alkanes of at least 4 members (excludes halogenated alkanes) is 3. The van der Waals surface area contributed by atoms with E-state index >= 15 is 0 Å². The number of carbonyl (C=O) groups excluding carboxylic acids is 1. The molecule has 0 spiro atoms. The van der Waals surface area contributed by atoms with E-state index in [0.29, 0.717) is 18.4 Å². The third-order valence-corrected chi connectivity index (χ3v) is 4.80. The van der Waals surface area contributed by atoms with Crippen molar-refractivity contribution >= 4 is 21.8 Å². The minimum Gasteiger partial charge on any atom is -0.273 e. The Balaban J connectivity index is 1.61. The second-order valence-corrected chi connectivity index (χ2v) is 6.67. The van der Waals surface area contributed by atoms with Crippen molar-refractivity contribution in [2.24, 2.45) is 0 Å². The fraction of sp³-hybridized carbons (Fsp3) is 0.562. The van der Waals surface area contributed by atoms with Crippen LogP contribution in [0.1, 0.15) is 57.2 Å². The lowest BCUT2D eigenvalue weighted by Gasteiger charge is -2.11. The predicted molar refractivity (Wildman–Crippen MR) is 82.7 cm³/mol. The Hall–Kier alpha value is -0.870. The van der Waals surface area contributed by atoms with Crippen LogP contribution in [0, 0.1) is 0 Å². The van der Waals surface area contributed by atoms with E-state index in [1.54, 1.807) is 0 Å². The number of benzene rings is 1. The van der Waals surface area contributed by atoms with Crippen LogP contribution in [0.25, 0.3) is 0 Å². The van der Waals surface area contributed by atoms with Crippen LogP contribution in [-0.2, 0) is 4.79 Å². The van der Waals surface area contributed by atoms with Gasteiger partial charge in [-0.2, -0.15) is 5.01 Å². The molecule has 0 aromatic heterocycles. The van der Waals surface area contributed by atoms with Crippen molar-refractivity contribution in [2.45, 2.75) is 57.7 Å². The van der Waals surface area contributed by atoms with Crippen LogP contribution < -0.4 is 0 Å². The summed E-state index contributed by atoms with van der Waals surface area (Å²) in [4.78, 5) is 12.0. The maximum Gasteiger partial charge on any atom is 0.240 e. The van der Waals surface area contributed by atoms with Crippen molar-refractivity contribution < 1.29 is 4.79 Å². The standard InChI is InChI=1S/C16H21BrN2O/c1-2-3-4-5-6-14-11-15(20)19-16(18(14)19)12-7-9-13(17)10-8-12/h7-10,14,16H,2-6,11H2,1H3. The first-order chi connectivity index (χ1) is 9.72. The van der Waals surface area contributed by atoms with Crippen LogP contribution in [-0.4, -0.2) is 22.0 Å². The summed E-state index contributed by atoms with van der Waals surface area (Å²) in [7, 11) is 0. The quantitative estimate of drug-likeness (QED) is 0.572. The lowest BCUT2D eigenvalue weighted by atomic mass is 10.0. The van der Waals surface area contributed by atoms with Gasteiger partial charge in [-0.1, -0.05) is 60.7 Å². The summed E-state index contributed by atoms with van der Waals surface area (Å²) in [5, 5.41) is 4.21. The molecule has 20 heavy (non-hydrogen) atoms. The zero-order chi connectivity index (χ0) is 14.1. The Morgan fingerprint density at radius 3 is 2.65 bits per heavy atom. The van der Waals surface area contributed by atoms with Crippen molar-refractivity contribution in [1.82, 2.24) is 10.0 Å². The van der Waals surface area contributed by atoms with Gasteiger partial charge >= 0.3 is 0 Å². The highest BCUT2D eigenvalue weighted by Crippen LogP contribution is 2.50. The van der Waals surface area contributed by atoms with E-state index < -0.39 is 0 Å². The molecule has 0 radical (unpaired) electrons. The molecule has 2 aliphatic rings. The second-order valence-electron chi connectivity index (χ2n) is 5.75. The summed E-state index contributed by atoms with van der Waals surface area (Å²) in [5.74, 6) is 0.290. The van der Waals surface area contributed by atoms with Crippen LogP contribution in [0.2, 0.25) is 0 Å². The summed E-state index contributed by atoms with van der Waals surface area (Å²) >= 11 is 3.45. The van der Waals surface area contributed by atoms with E-state index in [9.17, 15) is 4.79 Å². The van der Waals surface area contributed by atoms with Gasteiger partial charge in [0.15, 0.2) is 0 Å². The van der Waals surface area contributed by atoms with Crippen molar-refractivity contribution in [3.05, 3.63) is 34.3 Å². The molecule has 0 saturated carbocycles. The minimum absolute atomic E-state index is 0.195. The summed E-state index contributed by atoms with van der Waals surface area (Å²) in [5.41, 5.74) is 1.22. The molecule has 3 rings (SSSR count). The van der Waals surface area contributed by atoms with Gasteiger partial charge in [-0.15, -0.1) is 0 Å². The molecule has 2 aliphatic heterocycles. The molecular weight excluding hydrogens is 316 g/mol. The average Bonchev–Trinajstić information content (AvgIpc) is 3.10. The molecule has 2 heterocycles. The molecule has 0 N–H and O–H groups in total. The molecule has 3 unspecified atom stereocenters. The molecule has 1 aromatic rings. The van der Waals surface area contributed by atoms with E-state index in [1.807, 2.05) is 17.1 Å². The Morgan fingerprint density at radius 2 is 1.95 bits per heavy atom. The van der Waals surface area contributed by atoms with Crippen LogP contribution in [0.15, 0.2) is 28.7 Å². The van der Waals surface area contributed by atoms with Crippen LogP contribution in [0.5, 0.6) is 0 Å². The maximum atomic E-state index is 12.0. The molecule has 4 heteroatoms. The first-order valence-electron chi connectivity index (χ1n) is 7.58. The van der Waals surface area contributed by atoms with Gasteiger partial charge in [-0.25, -0.2) is 5.01 Å². The van der Waals surface area contributed by atoms with Crippen molar-refractivity contribution in [2.75, 3.05) is 0 Å². The number of hydrogen-bond acceptors (Lipinski definition) is 2. The number of hydrogen-bond donors (Lipinski definition) is 0. The topological polar surface area (TPSA) is 23.1 Å². The fourth-order valence-electron chi connectivity index (χ4n) is 3.18. The fourth-order valence-corrected chi connectivity index (χ4v) is 3.45. The van der Waals surface area contributed by atoms with E-state index in [-0.39, 0.29) is 6.17 Å².